The van der Waals surface area contributed by atoms with Gasteiger partial charge in [-0.05, 0) is 44.0 Å². The fourth-order valence-corrected chi connectivity index (χ4v) is 3.76. The Morgan fingerprint density at radius 3 is 2.88 bits per heavy atom. The zero-order valence-corrected chi connectivity index (χ0v) is 14.9. The fraction of sp³-hybridized carbons (Fsp3) is 0.278. The van der Waals surface area contributed by atoms with E-state index in [1.54, 1.807) is 23.7 Å². The number of anilines is 2. The third kappa shape index (κ3) is 2.70. The minimum Gasteiger partial charge on any atom is -0.382 e. The molecule has 26 heavy (non-hydrogen) atoms. The van der Waals surface area contributed by atoms with Gasteiger partial charge in [0.15, 0.2) is 11.5 Å². The van der Waals surface area contributed by atoms with E-state index in [1.807, 2.05) is 4.90 Å². The van der Waals surface area contributed by atoms with Crippen LogP contribution in [-0.2, 0) is 0 Å². The third-order valence-electron chi connectivity index (χ3n) is 4.71. The molecule has 134 valence electrons. The van der Waals surface area contributed by atoms with Crippen LogP contribution >= 0.6 is 12.2 Å². The quantitative estimate of drug-likeness (QED) is 0.561. The molecule has 1 saturated heterocycles. The monoisotopic (exact) mass is 373 g/mol. The van der Waals surface area contributed by atoms with Crippen molar-refractivity contribution in [2.24, 2.45) is 0 Å². The highest BCUT2D eigenvalue weighted by Crippen LogP contribution is 2.37. The Kier molecular flexibility index (Phi) is 4.07. The van der Waals surface area contributed by atoms with Crippen LogP contribution in [0.15, 0.2) is 30.5 Å². The molecule has 3 heterocycles. The largest absolute Gasteiger partial charge is 0.382 e. The second kappa shape index (κ2) is 6.28. The Balaban J connectivity index is 1.80. The summed E-state index contributed by atoms with van der Waals surface area (Å²) in [5.41, 5.74) is 7.50. The number of benzene rings is 1. The molecule has 0 radical (unpaired) electrons. The summed E-state index contributed by atoms with van der Waals surface area (Å²) in [6.45, 7) is 2.48. The van der Waals surface area contributed by atoms with E-state index in [4.69, 9.17) is 18.0 Å². The zero-order chi connectivity index (χ0) is 18.4. The highest BCUT2D eigenvalue weighted by Gasteiger charge is 2.30. The molecule has 2 N–H and O–H groups in total. The molecule has 8 heteroatoms. The first-order valence-electron chi connectivity index (χ1n) is 8.33. The van der Waals surface area contributed by atoms with Crippen molar-refractivity contribution in [3.8, 4) is 0 Å². The van der Waals surface area contributed by atoms with Crippen molar-refractivity contribution in [3.05, 3.63) is 53.2 Å². The van der Waals surface area contributed by atoms with Gasteiger partial charge in [0, 0.05) is 23.2 Å². The van der Waals surface area contributed by atoms with E-state index in [-0.39, 0.29) is 6.04 Å². The topological polar surface area (TPSA) is 59.4 Å². The number of fused-ring (bicyclic) bond motifs is 1. The van der Waals surface area contributed by atoms with Crippen LogP contribution in [-0.4, -0.2) is 26.0 Å². The third-order valence-corrected chi connectivity index (χ3v) is 4.92. The van der Waals surface area contributed by atoms with E-state index in [2.05, 4.69) is 10.1 Å². The van der Waals surface area contributed by atoms with Gasteiger partial charge in [-0.25, -0.2) is 18.3 Å². The van der Waals surface area contributed by atoms with E-state index in [1.165, 1.54) is 12.1 Å². The van der Waals surface area contributed by atoms with E-state index in [0.717, 1.165) is 18.9 Å². The van der Waals surface area contributed by atoms with Crippen molar-refractivity contribution in [3.63, 3.8) is 0 Å². The molecule has 1 unspecified atom stereocenters. The molecular weight excluding hydrogens is 356 g/mol. The predicted octanol–water partition coefficient (Wildman–Crippen LogP) is 3.67. The van der Waals surface area contributed by atoms with Crippen LogP contribution in [0.5, 0.6) is 0 Å². The zero-order valence-electron chi connectivity index (χ0n) is 14.1. The number of nitrogen functional groups attached to an aromatic ring is 1. The Morgan fingerprint density at radius 2 is 2.12 bits per heavy atom. The molecule has 1 aromatic carbocycles. The maximum absolute atomic E-state index is 14.3. The van der Waals surface area contributed by atoms with Crippen LogP contribution in [0.25, 0.3) is 5.65 Å². The number of nitrogens with zero attached hydrogens (tertiary/aromatic N) is 4. The van der Waals surface area contributed by atoms with Gasteiger partial charge in [0.2, 0.25) is 0 Å². The van der Waals surface area contributed by atoms with Gasteiger partial charge in [-0.15, -0.1) is 5.10 Å². The summed E-state index contributed by atoms with van der Waals surface area (Å²) in [4.78, 5) is 7.27. The molecule has 0 amide bonds. The van der Waals surface area contributed by atoms with Gasteiger partial charge in [-0.2, -0.15) is 0 Å². The van der Waals surface area contributed by atoms with Gasteiger partial charge in [0.25, 0.3) is 0 Å². The molecule has 0 aliphatic carbocycles. The van der Waals surface area contributed by atoms with Gasteiger partial charge in [-0.3, -0.25) is 0 Å². The second-order valence-electron chi connectivity index (χ2n) is 6.39. The predicted molar refractivity (Wildman–Crippen MR) is 100 cm³/mol. The standard InChI is InChI=1S/C18H17F2N5S/c1-10(26)16-17(21)23-25-8-6-15(22-18(16)25)24-7-2-3-14(24)12-9-11(19)4-5-13(12)20/h4-6,8-9,14H,2-3,7H2,1H3,(H2,21,23). The van der Waals surface area contributed by atoms with Crippen molar-refractivity contribution in [1.29, 1.82) is 0 Å². The lowest BCUT2D eigenvalue weighted by Crippen LogP contribution is -2.24. The lowest BCUT2D eigenvalue weighted by molar-refractivity contribution is 0.560. The first-order chi connectivity index (χ1) is 12.5. The first kappa shape index (κ1) is 16.8. The van der Waals surface area contributed by atoms with Crippen molar-refractivity contribution in [2.45, 2.75) is 25.8 Å². The van der Waals surface area contributed by atoms with Gasteiger partial charge >= 0.3 is 0 Å². The Labute approximate surface area is 154 Å². The van der Waals surface area contributed by atoms with Gasteiger partial charge in [-0.1, -0.05) is 12.2 Å². The first-order valence-corrected chi connectivity index (χ1v) is 8.74. The van der Waals surface area contributed by atoms with Crippen LogP contribution in [0, 0.1) is 11.6 Å². The van der Waals surface area contributed by atoms with Crippen LogP contribution in [0.1, 0.15) is 36.9 Å². The van der Waals surface area contributed by atoms with Crippen molar-refractivity contribution >= 4 is 34.4 Å². The lowest BCUT2D eigenvalue weighted by Gasteiger charge is -2.26. The van der Waals surface area contributed by atoms with Crippen molar-refractivity contribution in [1.82, 2.24) is 14.6 Å². The van der Waals surface area contributed by atoms with E-state index in [0.29, 0.717) is 39.8 Å². The molecule has 1 aliphatic rings. The number of halogens is 2. The maximum atomic E-state index is 14.3. The second-order valence-corrected chi connectivity index (χ2v) is 7.00. The normalized spacial score (nSPS) is 17.2. The molecule has 5 nitrogen and oxygen atoms in total. The molecule has 0 bridgehead atoms. The number of aromatic nitrogens is 3. The number of hydrogen-bond acceptors (Lipinski definition) is 5. The van der Waals surface area contributed by atoms with Gasteiger partial charge in [0.1, 0.15) is 17.5 Å². The molecule has 1 aliphatic heterocycles. The molecule has 0 saturated carbocycles. The summed E-state index contributed by atoms with van der Waals surface area (Å²) in [6, 6.07) is 5.10. The molecule has 4 rings (SSSR count). The smallest absolute Gasteiger partial charge is 0.167 e. The summed E-state index contributed by atoms with van der Waals surface area (Å²) < 4.78 is 29.5. The Morgan fingerprint density at radius 1 is 1.31 bits per heavy atom. The molecule has 3 aromatic rings. The Hall–Kier alpha value is -2.61. The SMILES string of the molecule is CC(=S)c1c(N)nn2ccc(N3CCCC3c3cc(F)ccc3F)nc12. The lowest BCUT2D eigenvalue weighted by atomic mass is 10.0. The summed E-state index contributed by atoms with van der Waals surface area (Å²) in [7, 11) is 0. The summed E-state index contributed by atoms with van der Waals surface area (Å²) >= 11 is 5.26. The summed E-state index contributed by atoms with van der Waals surface area (Å²) in [5, 5.41) is 4.22. The molecule has 2 aromatic heterocycles. The fourth-order valence-electron chi connectivity index (χ4n) is 3.57. The van der Waals surface area contributed by atoms with Crippen molar-refractivity contribution in [2.75, 3.05) is 17.2 Å². The van der Waals surface area contributed by atoms with E-state index >= 15 is 0 Å². The number of thiocarbonyl (C=S) groups is 1. The average Bonchev–Trinajstić information content (AvgIpc) is 3.19. The van der Waals surface area contributed by atoms with Gasteiger partial charge in [0.05, 0.1) is 11.6 Å². The van der Waals surface area contributed by atoms with Crippen LogP contribution in [0.3, 0.4) is 0 Å². The maximum Gasteiger partial charge on any atom is 0.167 e. The average molecular weight is 373 g/mol. The minimum atomic E-state index is -0.446. The van der Waals surface area contributed by atoms with Gasteiger partial charge < -0.3 is 10.6 Å². The number of rotatable bonds is 3. The Bertz CT molecular complexity index is 1020. The van der Waals surface area contributed by atoms with E-state index in [9.17, 15) is 8.78 Å². The van der Waals surface area contributed by atoms with E-state index < -0.39 is 11.6 Å². The summed E-state index contributed by atoms with van der Waals surface area (Å²) in [6.07, 6.45) is 3.36. The van der Waals surface area contributed by atoms with Crippen LogP contribution < -0.4 is 10.6 Å². The van der Waals surface area contributed by atoms with Crippen LogP contribution in [0.4, 0.5) is 20.4 Å². The molecule has 1 atom stereocenters. The number of nitrogens with two attached hydrogens (primary N) is 1. The molecule has 1 fully saturated rings. The summed E-state index contributed by atoms with van der Waals surface area (Å²) in [5.74, 6) is 0.143. The van der Waals surface area contributed by atoms with Crippen molar-refractivity contribution < 1.29 is 8.78 Å². The molecular formula is C18H17F2N5S. The molecule has 0 spiro atoms. The van der Waals surface area contributed by atoms with Crippen LogP contribution in [0.2, 0.25) is 0 Å². The highest BCUT2D eigenvalue weighted by molar-refractivity contribution is 7.80. The number of hydrogen-bond donors (Lipinski definition) is 1. The highest BCUT2D eigenvalue weighted by atomic mass is 32.1. The minimum absolute atomic E-state index is 0.266.